The van der Waals surface area contributed by atoms with Crippen LogP contribution in [0.5, 0.6) is 0 Å². The minimum Gasteiger partial charge on any atom is -0.324 e. The minimum atomic E-state index is -0.190. The second-order valence-corrected chi connectivity index (χ2v) is 6.62. The molecule has 2 aromatic carbocycles. The molecule has 0 amide bonds. The van der Waals surface area contributed by atoms with E-state index in [2.05, 4.69) is 36.4 Å². The molecule has 1 saturated carbocycles. The summed E-state index contributed by atoms with van der Waals surface area (Å²) in [6.07, 6.45) is 5.57. The summed E-state index contributed by atoms with van der Waals surface area (Å²) in [5, 5.41) is 0.833. The monoisotopic (exact) mass is 299 g/mol. The maximum Gasteiger partial charge on any atom is 0.0438 e. The summed E-state index contributed by atoms with van der Waals surface area (Å²) < 4.78 is 0. The van der Waals surface area contributed by atoms with Gasteiger partial charge in [-0.1, -0.05) is 73.0 Å². The van der Waals surface area contributed by atoms with Gasteiger partial charge in [-0.3, -0.25) is 0 Å². The predicted molar refractivity (Wildman–Crippen MR) is 89.7 cm³/mol. The molecule has 2 heteroatoms. The van der Waals surface area contributed by atoms with E-state index in [0.29, 0.717) is 5.92 Å². The van der Waals surface area contributed by atoms with Crippen LogP contribution in [0.2, 0.25) is 5.02 Å². The van der Waals surface area contributed by atoms with Gasteiger partial charge in [-0.05, 0) is 36.5 Å². The number of benzene rings is 2. The van der Waals surface area contributed by atoms with Crippen molar-refractivity contribution in [1.29, 1.82) is 0 Å². The average molecular weight is 300 g/mol. The van der Waals surface area contributed by atoms with Gasteiger partial charge in [0.15, 0.2) is 0 Å². The van der Waals surface area contributed by atoms with E-state index >= 15 is 0 Å². The normalized spacial score (nSPS) is 25.7. The fourth-order valence-corrected chi connectivity index (χ4v) is 3.86. The Bertz CT molecular complexity index is 596. The Labute approximate surface area is 132 Å². The molecule has 1 nitrogen and oxygen atoms in total. The summed E-state index contributed by atoms with van der Waals surface area (Å²) in [7, 11) is 0. The van der Waals surface area contributed by atoms with Crippen LogP contribution in [0.15, 0.2) is 54.6 Å². The number of halogens is 1. The van der Waals surface area contributed by atoms with E-state index in [1.807, 2.05) is 18.2 Å². The Kier molecular flexibility index (Phi) is 4.32. The van der Waals surface area contributed by atoms with E-state index in [0.717, 1.165) is 17.9 Å². The lowest BCUT2D eigenvalue weighted by atomic mass is 9.67. The Morgan fingerprint density at radius 3 is 2.48 bits per heavy atom. The van der Waals surface area contributed by atoms with Crippen molar-refractivity contribution in [2.45, 2.75) is 43.6 Å². The lowest BCUT2D eigenvalue weighted by Crippen LogP contribution is -2.49. The smallest absolute Gasteiger partial charge is 0.0438 e. The van der Waals surface area contributed by atoms with Gasteiger partial charge in [0.1, 0.15) is 0 Å². The van der Waals surface area contributed by atoms with Gasteiger partial charge in [-0.2, -0.15) is 0 Å². The third kappa shape index (κ3) is 3.14. The molecule has 1 aliphatic rings. The van der Waals surface area contributed by atoms with Crippen LogP contribution in [0.1, 0.15) is 42.7 Å². The number of rotatable bonds is 3. The van der Waals surface area contributed by atoms with Crippen LogP contribution in [0.3, 0.4) is 0 Å². The fourth-order valence-electron chi connectivity index (χ4n) is 3.66. The van der Waals surface area contributed by atoms with Crippen LogP contribution in [0.25, 0.3) is 0 Å². The van der Waals surface area contributed by atoms with Crippen molar-refractivity contribution < 1.29 is 0 Å². The minimum absolute atomic E-state index is 0.190. The van der Waals surface area contributed by atoms with Crippen molar-refractivity contribution in [2.24, 2.45) is 5.73 Å². The van der Waals surface area contributed by atoms with Crippen molar-refractivity contribution >= 4 is 11.6 Å². The summed E-state index contributed by atoms with van der Waals surface area (Å²) in [4.78, 5) is 0. The maximum absolute atomic E-state index is 6.88. The summed E-state index contributed by atoms with van der Waals surface area (Å²) >= 11 is 6.34. The first kappa shape index (κ1) is 14.6. The zero-order valence-corrected chi connectivity index (χ0v) is 13.0. The molecule has 0 radical (unpaired) electrons. The molecule has 0 aromatic heterocycles. The Morgan fingerprint density at radius 2 is 1.71 bits per heavy atom. The maximum atomic E-state index is 6.88. The molecule has 0 saturated heterocycles. The van der Waals surface area contributed by atoms with Gasteiger partial charge in [0.2, 0.25) is 0 Å². The van der Waals surface area contributed by atoms with Gasteiger partial charge < -0.3 is 5.73 Å². The highest BCUT2D eigenvalue weighted by Gasteiger charge is 2.38. The molecule has 0 heterocycles. The van der Waals surface area contributed by atoms with Crippen LogP contribution >= 0.6 is 11.6 Å². The highest BCUT2D eigenvalue weighted by molar-refractivity contribution is 6.31. The van der Waals surface area contributed by atoms with Gasteiger partial charge in [0, 0.05) is 16.5 Å². The molecule has 1 aliphatic carbocycles. The van der Waals surface area contributed by atoms with Crippen LogP contribution < -0.4 is 5.73 Å². The molecular formula is C19H22ClN. The van der Waals surface area contributed by atoms with E-state index in [1.54, 1.807) is 0 Å². The third-order valence-electron chi connectivity index (χ3n) is 4.76. The predicted octanol–water partition coefficient (Wildman–Crippen LogP) is 4.94. The molecule has 1 fully saturated rings. The molecule has 2 N–H and O–H groups in total. The first-order valence-electron chi connectivity index (χ1n) is 7.76. The molecule has 2 aromatic rings. The summed E-state index contributed by atoms with van der Waals surface area (Å²) in [5.74, 6) is 0.420. The molecule has 0 aliphatic heterocycles. The van der Waals surface area contributed by atoms with Crippen LogP contribution in [-0.2, 0) is 6.42 Å². The van der Waals surface area contributed by atoms with Gasteiger partial charge in [0.05, 0.1) is 0 Å². The average Bonchev–Trinajstić information content (AvgIpc) is 2.51. The molecule has 3 rings (SSSR count). The molecule has 110 valence electrons. The lowest BCUT2D eigenvalue weighted by molar-refractivity contribution is 0.249. The molecule has 21 heavy (non-hydrogen) atoms. The van der Waals surface area contributed by atoms with E-state index in [4.69, 9.17) is 17.3 Å². The van der Waals surface area contributed by atoms with Crippen molar-refractivity contribution in [2.75, 3.05) is 0 Å². The van der Waals surface area contributed by atoms with Crippen molar-refractivity contribution in [3.05, 3.63) is 70.7 Å². The van der Waals surface area contributed by atoms with Crippen LogP contribution in [0, 0.1) is 0 Å². The Morgan fingerprint density at radius 1 is 1.00 bits per heavy atom. The number of nitrogens with two attached hydrogens (primary N) is 1. The first-order chi connectivity index (χ1) is 10.2. The summed E-state index contributed by atoms with van der Waals surface area (Å²) in [5.41, 5.74) is 9.23. The SMILES string of the molecule is NC1(Cc2ccccc2Cl)CCCCC1c1ccccc1. The molecule has 2 atom stereocenters. The highest BCUT2D eigenvalue weighted by atomic mass is 35.5. The zero-order chi connectivity index (χ0) is 14.7. The highest BCUT2D eigenvalue weighted by Crippen LogP contribution is 2.41. The number of hydrogen-bond donors (Lipinski definition) is 1. The van der Waals surface area contributed by atoms with E-state index in [9.17, 15) is 0 Å². The van der Waals surface area contributed by atoms with Crippen molar-refractivity contribution in [3.63, 3.8) is 0 Å². The summed E-state index contributed by atoms with van der Waals surface area (Å²) in [6.45, 7) is 0. The second kappa shape index (κ2) is 6.21. The van der Waals surface area contributed by atoms with Crippen LogP contribution in [-0.4, -0.2) is 5.54 Å². The standard InChI is InChI=1S/C19H22ClN/c20-18-12-5-4-10-16(18)14-19(21)13-7-6-11-17(19)15-8-2-1-3-9-15/h1-5,8-10,12,17H,6-7,11,13-14,21H2. The van der Waals surface area contributed by atoms with Gasteiger partial charge in [0.25, 0.3) is 0 Å². The molecule has 0 bridgehead atoms. The van der Waals surface area contributed by atoms with Crippen molar-refractivity contribution in [1.82, 2.24) is 0 Å². The van der Waals surface area contributed by atoms with Crippen molar-refractivity contribution in [3.8, 4) is 0 Å². The van der Waals surface area contributed by atoms with Crippen LogP contribution in [0.4, 0.5) is 0 Å². The third-order valence-corrected chi connectivity index (χ3v) is 5.13. The molecule has 0 spiro atoms. The topological polar surface area (TPSA) is 26.0 Å². The quantitative estimate of drug-likeness (QED) is 0.853. The largest absolute Gasteiger partial charge is 0.324 e. The first-order valence-corrected chi connectivity index (χ1v) is 8.14. The van der Waals surface area contributed by atoms with Gasteiger partial charge in [-0.15, -0.1) is 0 Å². The van der Waals surface area contributed by atoms with E-state index in [-0.39, 0.29) is 5.54 Å². The Balaban J connectivity index is 1.91. The van der Waals surface area contributed by atoms with E-state index in [1.165, 1.54) is 30.4 Å². The lowest BCUT2D eigenvalue weighted by Gasteiger charge is -2.42. The summed E-state index contributed by atoms with van der Waals surface area (Å²) in [6, 6.07) is 18.8. The Hall–Kier alpha value is -1.31. The number of hydrogen-bond acceptors (Lipinski definition) is 1. The van der Waals surface area contributed by atoms with E-state index < -0.39 is 0 Å². The zero-order valence-electron chi connectivity index (χ0n) is 12.3. The molecular weight excluding hydrogens is 278 g/mol. The fraction of sp³-hybridized carbons (Fsp3) is 0.368. The van der Waals surface area contributed by atoms with Gasteiger partial charge >= 0.3 is 0 Å². The molecule has 2 unspecified atom stereocenters. The van der Waals surface area contributed by atoms with Gasteiger partial charge in [-0.25, -0.2) is 0 Å². The second-order valence-electron chi connectivity index (χ2n) is 6.21.